The van der Waals surface area contributed by atoms with Crippen LogP contribution in [0.15, 0.2) is 23.6 Å². The predicted molar refractivity (Wildman–Crippen MR) is 85.7 cm³/mol. The number of carbonyl (C=O) groups excluding carboxylic acids is 1. The molecule has 2 heterocycles. The van der Waals surface area contributed by atoms with E-state index < -0.39 is 0 Å². The number of nitrogens with zero attached hydrogens (tertiary/aromatic N) is 2. The lowest BCUT2D eigenvalue weighted by Crippen LogP contribution is -2.39. The van der Waals surface area contributed by atoms with Gasteiger partial charge in [-0.05, 0) is 49.4 Å². The van der Waals surface area contributed by atoms with E-state index in [1.54, 1.807) is 11.0 Å². The zero-order chi connectivity index (χ0) is 15.7. The third-order valence-electron chi connectivity index (χ3n) is 4.14. The van der Waals surface area contributed by atoms with E-state index in [1.165, 1.54) is 17.4 Å². The Balaban J connectivity index is 1.84. The molecule has 0 saturated carbocycles. The van der Waals surface area contributed by atoms with Crippen LogP contribution in [-0.2, 0) is 12.8 Å². The van der Waals surface area contributed by atoms with Gasteiger partial charge in [0.05, 0.1) is 11.0 Å². The molecule has 116 valence electrons. The monoisotopic (exact) mass is 318 g/mol. The summed E-state index contributed by atoms with van der Waals surface area (Å²) in [6, 6.07) is 4.73. The molecular weight excluding hydrogens is 299 g/mol. The van der Waals surface area contributed by atoms with Gasteiger partial charge in [0.15, 0.2) is 0 Å². The molecule has 2 aromatic rings. The van der Waals surface area contributed by atoms with Crippen molar-refractivity contribution in [1.29, 1.82) is 0 Å². The number of hydrogen-bond acceptors (Lipinski definition) is 3. The lowest BCUT2D eigenvalue weighted by molar-refractivity contribution is 0.0672. The van der Waals surface area contributed by atoms with E-state index in [2.05, 4.69) is 11.9 Å². The van der Waals surface area contributed by atoms with Gasteiger partial charge in [0.1, 0.15) is 11.5 Å². The highest BCUT2D eigenvalue weighted by atomic mass is 32.1. The van der Waals surface area contributed by atoms with Crippen molar-refractivity contribution < 1.29 is 9.18 Å². The maximum absolute atomic E-state index is 13.5. The lowest BCUT2D eigenvalue weighted by atomic mass is 9.93. The second-order valence-electron chi connectivity index (χ2n) is 5.64. The Morgan fingerprint density at radius 2 is 2.32 bits per heavy atom. The first-order valence-electron chi connectivity index (χ1n) is 7.64. The molecular formula is C17H19FN2OS. The minimum Gasteiger partial charge on any atom is -0.330 e. The van der Waals surface area contributed by atoms with Crippen LogP contribution < -0.4 is 0 Å². The van der Waals surface area contributed by atoms with Gasteiger partial charge < -0.3 is 4.90 Å². The van der Waals surface area contributed by atoms with Crippen molar-refractivity contribution in [3.8, 4) is 0 Å². The van der Waals surface area contributed by atoms with E-state index in [-0.39, 0.29) is 17.8 Å². The molecule has 1 amide bonds. The highest BCUT2D eigenvalue weighted by Gasteiger charge is 2.29. The van der Waals surface area contributed by atoms with E-state index in [0.717, 1.165) is 35.4 Å². The van der Waals surface area contributed by atoms with Gasteiger partial charge in [-0.25, -0.2) is 9.37 Å². The molecule has 0 saturated heterocycles. The zero-order valence-electron chi connectivity index (χ0n) is 12.8. The van der Waals surface area contributed by atoms with Gasteiger partial charge in [-0.1, -0.05) is 13.0 Å². The average molecular weight is 318 g/mol. The lowest BCUT2D eigenvalue weighted by Gasteiger charge is -2.34. The Labute approximate surface area is 133 Å². The van der Waals surface area contributed by atoms with Gasteiger partial charge in [-0.3, -0.25) is 4.79 Å². The summed E-state index contributed by atoms with van der Waals surface area (Å²) in [4.78, 5) is 18.9. The van der Waals surface area contributed by atoms with Crippen molar-refractivity contribution >= 4 is 17.2 Å². The number of hydrogen-bond donors (Lipinski definition) is 0. The van der Waals surface area contributed by atoms with Gasteiger partial charge in [-0.2, -0.15) is 0 Å². The minimum atomic E-state index is -0.251. The van der Waals surface area contributed by atoms with Crippen LogP contribution in [0.4, 0.5) is 4.39 Å². The molecule has 0 unspecified atom stereocenters. The normalized spacial score (nSPS) is 17.4. The molecule has 22 heavy (non-hydrogen) atoms. The summed E-state index contributed by atoms with van der Waals surface area (Å²) in [5.41, 5.74) is 2.55. The number of thiazole rings is 1. The highest BCUT2D eigenvalue weighted by molar-refractivity contribution is 7.09. The second-order valence-corrected chi connectivity index (χ2v) is 6.59. The maximum Gasteiger partial charge on any atom is 0.273 e. The summed E-state index contributed by atoms with van der Waals surface area (Å²) in [5, 5.41) is 2.84. The van der Waals surface area contributed by atoms with E-state index in [1.807, 2.05) is 18.4 Å². The number of amides is 1. The van der Waals surface area contributed by atoms with Crippen molar-refractivity contribution in [2.24, 2.45) is 0 Å². The summed E-state index contributed by atoms with van der Waals surface area (Å²) in [5.74, 6) is -0.306. The number of fused-ring (bicyclic) bond motifs is 1. The van der Waals surface area contributed by atoms with Gasteiger partial charge >= 0.3 is 0 Å². The molecule has 3 rings (SSSR count). The first-order chi connectivity index (χ1) is 10.6. The molecule has 1 aliphatic rings. The standard InChI is InChI=1S/C17H19FN2OS/c1-3-4-16-19-15(10-22-16)17(21)20-8-7-12-5-6-13(18)9-14(12)11(20)2/h5-6,9-11H,3-4,7-8H2,1-2H3/t11-/m1/s1. The Hall–Kier alpha value is -1.75. The third-order valence-corrected chi connectivity index (χ3v) is 5.05. The van der Waals surface area contributed by atoms with Crippen LogP contribution in [0, 0.1) is 5.82 Å². The molecule has 0 radical (unpaired) electrons. The van der Waals surface area contributed by atoms with Crippen LogP contribution >= 0.6 is 11.3 Å². The number of rotatable bonds is 3. The van der Waals surface area contributed by atoms with Crippen molar-refractivity contribution in [2.75, 3.05) is 6.54 Å². The zero-order valence-corrected chi connectivity index (χ0v) is 13.6. The van der Waals surface area contributed by atoms with Gasteiger partial charge in [0.25, 0.3) is 5.91 Å². The van der Waals surface area contributed by atoms with Crippen LogP contribution in [0.2, 0.25) is 0 Å². The van der Waals surface area contributed by atoms with Crippen molar-refractivity contribution in [2.45, 2.75) is 39.2 Å². The molecule has 0 fully saturated rings. The molecule has 0 aliphatic carbocycles. The molecule has 3 nitrogen and oxygen atoms in total. The summed E-state index contributed by atoms with van der Waals surface area (Å²) >= 11 is 1.54. The largest absolute Gasteiger partial charge is 0.330 e. The first kappa shape index (κ1) is 15.2. The summed E-state index contributed by atoms with van der Waals surface area (Å²) in [6.45, 7) is 4.70. The Bertz CT molecular complexity index is 698. The molecule has 1 aromatic heterocycles. The Morgan fingerprint density at radius 3 is 3.09 bits per heavy atom. The topological polar surface area (TPSA) is 33.2 Å². The van der Waals surface area contributed by atoms with Crippen LogP contribution in [0.25, 0.3) is 0 Å². The van der Waals surface area contributed by atoms with Crippen molar-refractivity contribution in [3.05, 3.63) is 51.2 Å². The fourth-order valence-electron chi connectivity index (χ4n) is 2.95. The molecule has 1 aromatic carbocycles. The number of benzene rings is 1. The van der Waals surface area contributed by atoms with Crippen LogP contribution in [0.5, 0.6) is 0 Å². The smallest absolute Gasteiger partial charge is 0.273 e. The molecule has 5 heteroatoms. The minimum absolute atomic E-state index is 0.0546. The van der Waals surface area contributed by atoms with Crippen LogP contribution in [0.3, 0.4) is 0 Å². The number of halogens is 1. The SMILES string of the molecule is CCCc1nc(C(=O)N2CCc3ccc(F)cc3[C@H]2C)cs1. The molecule has 0 spiro atoms. The van der Waals surface area contributed by atoms with E-state index in [9.17, 15) is 9.18 Å². The first-order valence-corrected chi connectivity index (χ1v) is 8.51. The predicted octanol–water partition coefficient (Wildman–Crippen LogP) is 3.99. The van der Waals surface area contributed by atoms with Gasteiger partial charge in [0.2, 0.25) is 0 Å². The molecule has 0 bridgehead atoms. The van der Waals surface area contributed by atoms with E-state index in [4.69, 9.17) is 0 Å². The van der Waals surface area contributed by atoms with Crippen LogP contribution in [0.1, 0.15) is 52.9 Å². The fourth-order valence-corrected chi connectivity index (χ4v) is 3.82. The maximum atomic E-state index is 13.5. The average Bonchev–Trinajstić information content (AvgIpc) is 2.97. The van der Waals surface area contributed by atoms with E-state index in [0.29, 0.717) is 12.2 Å². The van der Waals surface area contributed by atoms with Crippen LogP contribution in [-0.4, -0.2) is 22.3 Å². The molecule has 0 N–H and O–H groups in total. The summed E-state index contributed by atoms with van der Waals surface area (Å²) < 4.78 is 13.5. The number of aromatic nitrogens is 1. The Kier molecular flexibility index (Phi) is 4.25. The Morgan fingerprint density at radius 1 is 1.50 bits per heavy atom. The molecule has 1 atom stereocenters. The van der Waals surface area contributed by atoms with Gasteiger partial charge in [0, 0.05) is 11.9 Å². The number of aryl methyl sites for hydroxylation is 1. The highest BCUT2D eigenvalue weighted by Crippen LogP contribution is 2.31. The summed E-state index contributed by atoms with van der Waals surface area (Å²) in [6.07, 6.45) is 2.69. The number of carbonyl (C=O) groups is 1. The summed E-state index contributed by atoms with van der Waals surface area (Å²) in [7, 11) is 0. The fraction of sp³-hybridized carbons (Fsp3) is 0.412. The third kappa shape index (κ3) is 2.77. The second kappa shape index (κ2) is 6.16. The van der Waals surface area contributed by atoms with Crippen molar-refractivity contribution in [1.82, 2.24) is 9.88 Å². The van der Waals surface area contributed by atoms with E-state index >= 15 is 0 Å². The molecule has 1 aliphatic heterocycles. The van der Waals surface area contributed by atoms with Gasteiger partial charge in [-0.15, -0.1) is 11.3 Å². The van der Waals surface area contributed by atoms with Crippen molar-refractivity contribution in [3.63, 3.8) is 0 Å². The quantitative estimate of drug-likeness (QED) is 0.857.